The quantitative estimate of drug-likeness (QED) is 0.0199. The number of carbonyl (C=O) groups excluding carboxylic acids is 4. The number of amides is 2. The summed E-state index contributed by atoms with van der Waals surface area (Å²) in [4.78, 5) is 48.8. The Morgan fingerprint density at radius 3 is 1.26 bits per heavy atom. The van der Waals surface area contributed by atoms with Crippen molar-refractivity contribution in [1.82, 2.24) is 10.6 Å². The van der Waals surface area contributed by atoms with E-state index in [2.05, 4.69) is 10.6 Å². The van der Waals surface area contributed by atoms with E-state index in [0.717, 1.165) is 14.2 Å². The van der Waals surface area contributed by atoms with E-state index in [9.17, 15) is 95.8 Å². The van der Waals surface area contributed by atoms with E-state index in [1.165, 1.54) is 21.0 Å². The minimum atomic E-state index is -1.95. The van der Waals surface area contributed by atoms with E-state index >= 15 is 0 Å². The third kappa shape index (κ3) is 30.7. The average molecular weight is 1620 g/mol. The van der Waals surface area contributed by atoms with Crippen LogP contribution < -0.4 is 80.0 Å². The molecule has 0 aliphatic carbocycles. The van der Waals surface area contributed by atoms with Crippen molar-refractivity contribution < 1.29 is 250 Å². The minimum Gasteiger partial charge on any atom is -0.547 e. The standard InChI is InChI=1S/C67H118N2O39.2Na/c1-9-40-48(77)52(81)49(78)45(103-40)30-100-65-39(76)18-41(42(104-65)27-89-6)98-25-37(74)21-94-16-12-10-14-92-20-36(73)24-97-29-44-51(80)57(47(32(3)102-44)69-34(5)71)106-67-60(55(84)59(91-8)62(108-67)64(87)88)99-26-38(75)22-95-17-13-11-15-93-19-35(72)23-96-28-43-50(79)56(46(31(2)101-43)68-33(4)70)105-66-54(83)53(82)58(90-7)61(107-66)63(85)86;;/h31-32,35-62,65-67,72-84H,9-30H2,1-8H3,(H,68,70)(H,69,71)(H,85,86)(H,87,88);;/q;2*+1/p-2/t31?,32?,35?,36?,37?,38?,39?,40-,41+,42?,43?,44?,45?,46?,47?,48?,49-,50-,51-,52-,53-,54?,55+,56-,57-,58+,59+,60?,61?,62?,65+,66-,67-;;/m1../s1. The molecular formula is C67H116N2Na2O39. The number of aliphatic hydroxyl groups is 13. The molecule has 0 radical (unpaired) electrons. The van der Waals surface area contributed by atoms with Gasteiger partial charge < -0.3 is 192 Å². The number of unbranched alkanes of at least 4 members (excludes halogenated alkanes) is 2. The molecule has 15 N–H and O–H groups in total. The third-order valence-electron chi connectivity index (χ3n) is 18.9. The van der Waals surface area contributed by atoms with Crippen LogP contribution in [-0.2, 0) is 114 Å². The van der Waals surface area contributed by atoms with Crippen LogP contribution in [0.1, 0.15) is 73.1 Å². The Hall–Kier alpha value is -1.44. The second-order valence-corrected chi connectivity index (χ2v) is 27.6. The fourth-order valence-electron chi connectivity index (χ4n) is 13.2. The van der Waals surface area contributed by atoms with Crippen LogP contribution in [0.3, 0.4) is 0 Å². The second kappa shape index (κ2) is 51.8. The zero-order valence-corrected chi connectivity index (χ0v) is 68.0. The molecule has 41 nitrogen and oxygen atoms in total. The first-order valence-electron chi connectivity index (χ1n) is 36.3. The van der Waals surface area contributed by atoms with Crippen molar-refractivity contribution in [2.24, 2.45) is 0 Å². The van der Waals surface area contributed by atoms with Gasteiger partial charge in [-0.15, -0.1) is 0 Å². The minimum absolute atomic E-state index is 0. The molecule has 110 heavy (non-hydrogen) atoms. The van der Waals surface area contributed by atoms with Gasteiger partial charge in [0.1, 0.15) is 146 Å². The molecule has 33 atom stereocenters. The first-order valence-corrected chi connectivity index (χ1v) is 36.3. The van der Waals surface area contributed by atoms with Crippen molar-refractivity contribution in [3.63, 3.8) is 0 Å². The van der Waals surface area contributed by atoms with Crippen LogP contribution in [0.5, 0.6) is 0 Å². The molecule has 18 unspecified atom stereocenters. The Kier molecular flexibility index (Phi) is 47.5. The molecule has 630 valence electrons. The predicted octanol–water partition coefficient (Wildman–Crippen LogP) is -16.6. The summed E-state index contributed by atoms with van der Waals surface area (Å²) in [6.45, 7) is 5.24. The first-order chi connectivity index (χ1) is 51.4. The van der Waals surface area contributed by atoms with E-state index in [-0.39, 0.29) is 165 Å². The van der Waals surface area contributed by atoms with Crippen molar-refractivity contribution >= 4 is 23.8 Å². The smallest absolute Gasteiger partial charge is 0.547 e. The van der Waals surface area contributed by atoms with Gasteiger partial charge >= 0.3 is 59.1 Å². The molecule has 0 spiro atoms. The van der Waals surface area contributed by atoms with Crippen LogP contribution in [-0.4, -0.2) is 419 Å². The second-order valence-electron chi connectivity index (χ2n) is 27.6. The number of methoxy groups -OCH3 is 3. The SMILES string of the molecule is CC[C@H]1OC(CO[C@H]2OC(COC)[C@@H](OCC(O)COCCCCOCC(O)COCC3OC(C)C(NC(C)=O)[C@@H](O[C@@H]4OC(C(=O)[O-])[C@@H](OC)[C@H](O)C4OCC(O)COCCCCOCC(O)COCC4OC(C)C(NC(C)=O)[C@@H](O[C@@H]5OC(C(=O)[O-])[C@@H](OC)[C@H](O)C5O)[C@@H]4O)[C@@H]3O)CC2O)[C@@H](O)[C@H](O)C1O.[Na+].[Na+]. The molecule has 0 bridgehead atoms. The van der Waals surface area contributed by atoms with Crippen LogP contribution in [0.2, 0.25) is 0 Å². The summed E-state index contributed by atoms with van der Waals surface area (Å²) in [6.07, 6.45) is -39.8. The molecule has 2 amide bonds. The van der Waals surface area contributed by atoms with Gasteiger partial charge in [-0.3, -0.25) is 9.59 Å². The van der Waals surface area contributed by atoms with Crippen LogP contribution in [0.15, 0.2) is 0 Å². The fraction of sp³-hybridized carbons (Fsp3) is 0.940. The molecule has 6 fully saturated rings. The number of nitrogens with one attached hydrogen (secondary N) is 2. The van der Waals surface area contributed by atoms with Gasteiger partial charge in [-0.05, 0) is 46.0 Å². The van der Waals surface area contributed by atoms with Crippen LogP contribution in [0.25, 0.3) is 0 Å². The van der Waals surface area contributed by atoms with Gasteiger partial charge in [-0.2, -0.15) is 0 Å². The molecule has 0 saturated carbocycles. The van der Waals surface area contributed by atoms with E-state index in [1.54, 1.807) is 20.8 Å². The number of hydrogen-bond donors (Lipinski definition) is 15. The summed E-state index contributed by atoms with van der Waals surface area (Å²) in [5.74, 6) is -4.67. The molecule has 6 saturated heterocycles. The molecule has 0 aromatic heterocycles. The summed E-state index contributed by atoms with van der Waals surface area (Å²) in [5.41, 5.74) is 0. The largest absolute Gasteiger partial charge is 1.00 e. The molecule has 6 aliphatic rings. The third-order valence-corrected chi connectivity index (χ3v) is 18.9. The monoisotopic (exact) mass is 1620 g/mol. The molecule has 6 heterocycles. The van der Waals surface area contributed by atoms with Crippen molar-refractivity contribution in [1.29, 1.82) is 0 Å². The van der Waals surface area contributed by atoms with Crippen LogP contribution in [0.4, 0.5) is 0 Å². The average Bonchev–Trinajstić information content (AvgIpc) is 0.779. The Morgan fingerprint density at radius 2 is 0.827 bits per heavy atom. The number of carboxylic acids is 2. The molecule has 6 aliphatic heterocycles. The van der Waals surface area contributed by atoms with Crippen LogP contribution in [0, 0.1) is 0 Å². The van der Waals surface area contributed by atoms with E-state index in [0.29, 0.717) is 32.1 Å². The molecular weight excluding hydrogens is 1500 g/mol. The number of rotatable bonds is 48. The first kappa shape index (κ1) is 101. The van der Waals surface area contributed by atoms with Crippen molar-refractivity contribution in [2.75, 3.05) is 127 Å². The van der Waals surface area contributed by atoms with Gasteiger partial charge in [-0.25, -0.2) is 0 Å². The van der Waals surface area contributed by atoms with Gasteiger partial charge in [0.2, 0.25) is 11.8 Å². The Labute approximate surface area is 682 Å². The Balaban J connectivity index is 0.0000128. The van der Waals surface area contributed by atoms with Gasteiger partial charge in [0, 0.05) is 68.0 Å². The zero-order valence-electron chi connectivity index (χ0n) is 64.0. The topological polar surface area (TPSA) is 586 Å². The summed E-state index contributed by atoms with van der Waals surface area (Å²) in [6, 6.07) is -2.18. The van der Waals surface area contributed by atoms with Crippen molar-refractivity contribution in [2.45, 2.75) is 275 Å². The maximum atomic E-state index is 12.5. The molecule has 0 aromatic rings. The fourth-order valence-corrected chi connectivity index (χ4v) is 13.2. The molecule has 43 heteroatoms. The Bertz CT molecular complexity index is 2580. The van der Waals surface area contributed by atoms with E-state index < -0.39 is 232 Å². The van der Waals surface area contributed by atoms with E-state index in [4.69, 9.17) is 94.7 Å². The predicted molar refractivity (Wildman–Crippen MR) is 354 cm³/mol. The van der Waals surface area contributed by atoms with Gasteiger partial charge in [-0.1, -0.05) is 6.92 Å². The number of ether oxygens (including phenoxy) is 20. The van der Waals surface area contributed by atoms with Gasteiger partial charge in [0.25, 0.3) is 0 Å². The van der Waals surface area contributed by atoms with Crippen molar-refractivity contribution in [3.05, 3.63) is 0 Å². The summed E-state index contributed by atoms with van der Waals surface area (Å²) < 4.78 is 114. The van der Waals surface area contributed by atoms with Gasteiger partial charge in [0.15, 0.2) is 18.9 Å². The number of carboxylic acid groups (broad SMARTS) is 2. The maximum absolute atomic E-state index is 12.5. The summed E-state index contributed by atoms with van der Waals surface area (Å²) in [7, 11) is 3.66. The zero-order chi connectivity index (χ0) is 79.5. The molecule has 0 aromatic carbocycles. The van der Waals surface area contributed by atoms with E-state index in [1.807, 2.05) is 0 Å². The number of aliphatic hydroxyl groups excluding tert-OH is 13. The summed E-state index contributed by atoms with van der Waals surface area (Å²) >= 11 is 0. The normalized spacial score (nSPS) is 37.3. The molecule has 6 rings (SSSR count). The maximum Gasteiger partial charge on any atom is 1.00 e. The summed E-state index contributed by atoms with van der Waals surface area (Å²) in [5, 5.41) is 170. The van der Waals surface area contributed by atoms with Crippen LogP contribution >= 0.6 is 0 Å². The number of hydrogen-bond acceptors (Lipinski definition) is 39. The number of aliphatic carboxylic acids is 2. The Morgan fingerprint density at radius 1 is 0.418 bits per heavy atom. The van der Waals surface area contributed by atoms with Crippen molar-refractivity contribution in [3.8, 4) is 0 Å². The number of carbonyl (C=O) groups is 4. The van der Waals surface area contributed by atoms with Gasteiger partial charge in [0.05, 0.1) is 128 Å².